The van der Waals surface area contributed by atoms with E-state index in [0.717, 1.165) is 52.0 Å². The van der Waals surface area contributed by atoms with E-state index in [9.17, 15) is 0 Å². The van der Waals surface area contributed by atoms with Crippen LogP contribution in [-0.4, -0.2) is 66.0 Å². The van der Waals surface area contributed by atoms with E-state index in [1.807, 2.05) is 36.9 Å². The highest BCUT2D eigenvalue weighted by atomic mass is 16.5. The van der Waals surface area contributed by atoms with Gasteiger partial charge in [0.2, 0.25) is 0 Å². The second-order valence-electron chi connectivity index (χ2n) is 11.1. The van der Waals surface area contributed by atoms with Crippen LogP contribution < -0.4 is 0 Å². The minimum atomic E-state index is 0.458. The molecule has 1 N–H and O–H groups in total. The molecule has 38 heavy (non-hydrogen) atoms. The molecule has 2 saturated heterocycles. The lowest BCUT2D eigenvalue weighted by atomic mass is 9.83. The molecule has 1 aliphatic carbocycles. The molecular formula is C30H31N7O. The Balaban J connectivity index is 1.18. The monoisotopic (exact) mass is 505 g/mol. The lowest BCUT2D eigenvalue weighted by molar-refractivity contribution is -0.0579. The SMILES string of the molecule is c1cc(-c2c(-c3ccncc3)nn3c2nccc3[C@H]2CC[C@H](N3CC4CCC(C3)O4)CC2)c2cn[nH]c2c1. The molecule has 2 bridgehead atoms. The number of ether oxygens (including phenoxy) is 1. The Morgan fingerprint density at radius 2 is 1.68 bits per heavy atom. The molecule has 0 spiro atoms. The lowest BCUT2D eigenvalue weighted by Crippen LogP contribution is -2.48. The number of rotatable bonds is 4. The number of aromatic nitrogens is 6. The maximum Gasteiger partial charge on any atom is 0.163 e. The van der Waals surface area contributed by atoms with Crippen molar-refractivity contribution in [3.63, 3.8) is 0 Å². The van der Waals surface area contributed by atoms with Gasteiger partial charge >= 0.3 is 0 Å². The van der Waals surface area contributed by atoms with E-state index in [0.29, 0.717) is 24.2 Å². The molecular weight excluding hydrogens is 474 g/mol. The topological polar surface area (TPSA) is 84.2 Å². The van der Waals surface area contributed by atoms with Crippen molar-refractivity contribution in [2.24, 2.45) is 0 Å². The highest BCUT2D eigenvalue weighted by Crippen LogP contribution is 2.41. The first-order chi connectivity index (χ1) is 18.8. The van der Waals surface area contributed by atoms with Crippen LogP contribution in [-0.2, 0) is 4.74 Å². The van der Waals surface area contributed by atoms with Gasteiger partial charge in [0.25, 0.3) is 0 Å². The molecule has 1 aromatic carbocycles. The van der Waals surface area contributed by atoms with E-state index in [-0.39, 0.29) is 0 Å². The molecule has 5 aromatic rings. The van der Waals surface area contributed by atoms with Crippen molar-refractivity contribution in [3.05, 3.63) is 66.9 Å². The number of H-pyrrole nitrogens is 1. The van der Waals surface area contributed by atoms with E-state index in [1.165, 1.54) is 44.2 Å². The number of nitrogens with zero attached hydrogens (tertiary/aromatic N) is 6. The fourth-order valence-corrected chi connectivity index (χ4v) is 7.10. The fraction of sp³-hybridized carbons (Fsp3) is 0.400. The quantitative estimate of drug-likeness (QED) is 0.360. The molecule has 192 valence electrons. The van der Waals surface area contributed by atoms with Crippen LogP contribution in [0.5, 0.6) is 0 Å². The van der Waals surface area contributed by atoms with Crippen molar-refractivity contribution in [1.82, 2.24) is 34.7 Å². The van der Waals surface area contributed by atoms with Gasteiger partial charge in [-0.2, -0.15) is 10.2 Å². The van der Waals surface area contributed by atoms with Gasteiger partial charge < -0.3 is 4.74 Å². The second kappa shape index (κ2) is 8.99. The number of morpholine rings is 1. The van der Waals surface area contributed by atoms with Gasteiger partial charge in [-0.05, 0) is 68.4 Å². The maximum atomic E-state index is 6.09. The molecule has 4 aromatic heterocycles. The van der Waals surface area contributed by atoms with Crippen LogP contribution in [0.15, 0.2) is 61.2 Å². The summed E-state index contributed by atoms with van der Waals surface area (Å²) in [4.78, 5) is 11.9. The van der Waals surface area contributed by atoms with Gasteiger partial charge in [0.1, 0.15) is 5.69 Å². The summed E-state index contributed by atoms with van der Waals surface area (Å²) in [6, 6.07) is 13.2. The zero-order valence-electron chi connectivity index (χ0n) is 21.3. The van der Waals surface area contributed by atoms with Crippen molar-refractivity contribution in [2.45, 2.75) is 62.7 Å². The van der Waals surface area contributed by atoms with Crippen LogP contribution in [0.25, 0.3) is 38.9 Å². The van der Waals surface area contributed by atoms with Gasteiger partial charge in [0, 0.05) is 60.3 Å². The predicted molar refractivity (Wildman–Crippen MR) is 146 cm³/mol. The molecule has 2 atom stereocenters. The van der Waals surface area contributed by atoms with Gasteiger partial charge in [-0.15, -0.1) is 0 Å². The first-order valence-corrected chi connectivity index (χ1v) is 13.9. The molecule has 8 rings (SSSR count). The summed E-state index contributed by atoms with van der Waals surface area (Å²) in [6.07, 6.45) is 15.7. The fourth-order valence-electron chi connectivity index (χ4n) is 7.10. The summed E-state index contributed by atoms with van der Waals surface area (Å²) in [7, 11) is 0. The third-order valence-electron chi connectivity index (χ3n) is 8.96. The molecule has 2 unspecified atom stereocenters. The van der Waals surface area contributed by atoms with E-state index in [1.54, 1.807) is 0 Å². The summed E-state index contributed by atoms with van der Waals surface area (Å²) in [5.41, 5.74) is 7.27. The molecule has 3 fully saturated rings. The summed E-state index contributed by atoms with van der Waals surface area (Å²) < 4.78 is 8.21. The zero-order chi connectivity index (χ0) is 25.1. The van der Waals surface area contributed by atoms with Gasteiger partial charge in [-0.1, -0.05) is 12.1 Å². The van der Waals surface area contributed by atoms with Crippen LogP contribution >= 0.6 is 0 Å². The van der Waals surface area contributed by atoms with Crippen LogP contribution in [0.1, 0.15) is 50.1 Å². The van der Waals surface area contributed by atoms with Gasteiger partial charge in [0.15, 0.2) is 5.65 Å². The largest absolute Gasteiger partial charge is 0.372 e. The first-order valence-electron chi connectivity index (χ1n) is 13.9. The minimum Gasteiger partial charge on any atom is -0.372 e. The zero-order valence-corrected chi connectivity index (χ0v) is 21.3. The lowest BCUT2D eigenvalue weighted by Gasteiger charge is -2.41. The van der Waals surface area contributed by atoms with Crippen LogP contribution in [0, 0.1) is 0 Å². The number of aromatic amines is 1. The van der Waals surface area contributed by atoms with Crippen molar-refractivity contribution < 1.29 is 4.74 Å². The van der Waals surface area contributed by atoms with E-state index >= 15 is 0 Å². The van der Waals surface area contributed by atoms with Crippen LogP contribution in [0.3, 0.4) is 0 Å². The molecule has 3 aliphatic rings. The Labute approximate surface area is 221 Å². The number of nitrogens with one attached hydrogen (secondary N) is 1. The average molecular weight is 506 g/mol. The molecule has 8 heteroatoms. The molecule has 0 amide bonds. The number of fused-ring (bicyclic) bond motifs is 4. The molecule has 0 radical (unpaired) electrons. The summed E-state index contributed by atoms with van der Waals surface area (Å²) in [5.74, 6) is 0.470. The highest BCUT2D eigenvalue weighted by molar-refractivity contribution is 6.02. The van der Waals surface area contributed by atoms with Gasteiger partial charge in [-0.25, -0.2) is 9.50 Å². The average Bonchev–Trinajstić information content (AvgIpc) is 3.70. The van der Waals surface area contributed by atoms with E-state index in [2.05, 4.69) is 48.9 Å². The van der Waals surface area contributed by atoms with E-state index < -0.39 is 0 Å². The number of likely N-dealkylation sites (tertiary alicyclic amines) is 1. The Bertz CT molecular complexity index is 1590. The van der Waals surface area contributed by atoms with Crippen LogP contribution in [0.2, 0.25) is 0 Å². The number of pyridine rings is 1. The summed E-state index contributed by atoms with van der Waals surface area (Å²) in [6.45, 7) is 2.23. The summed E-state index contributed by atoms with van der Waals surface area (Å²) in [5, 5.41) is 13.7. The minimum absolute atomic E-state index is 0.458. The number of benzene rings is 1. The smallest absolute Gasteiger partial charge is 0.163 e. The first kappa shape index (κ1) is 22.4. The predicted octanol–water partition coefficient (Wildman–Crippen LogP) is 5.22. The van der Waals surface area contributed by atoms with Gasteiger partial charge in [-0.3, -0.25) is 15.0 Å². The second-order valence-corrected chi connectivity index (χ2v) is 11.1. The Morgan fingerprint density at radius 1 is 0.868 bits per heavy atom. The van der Waals surface area contributed by atoms with Crippen molar-refractivity contribution in [2.75, 3.05) is 13.1 Å². The Kier molecular flexibility index (Phi) is 5.29. The van der Waals surface area contributed by atoms with E-state index in [4.69, 9.17) is 14.8 Å². The van der Waals surface area contributed by atoms with Crippen molar-refractivity contribution in [3.8, 4) is 22.4 Å². The normalized spacial score (nSPS) is 25.9. The molecule has 8 nitrogen and oxygen atoms in total. The molecule has 1 saturated carbocycles. The molecule has 2 aliphatic heterocycles. The van der Waals surface area contributed by atoms with Crippen LogP contribution in [0.4, 0.5) is 0 Å². The third-order valence-corrected chi connectivity index (χ3v) is 8.96. The molecule has 6 heterocycles. The van der Waals surface area contributed by atoms with Crippen molar-refractivity contribution in [1.29, 1.82) is 0 Å². The maximum absolute atomic E-state index is 6.09. The van der Waals surface area contributed by atoms with Gasteiger partial charge in [0.05, 0.1) is 29.5 Å². The Hall–Kier alpha value is -3.62. The standard InChI is InChI=1S/C30H31N7O/c1-2-24(25-16-33-34-26(25)3-1)28-29(20-10-13-31-14-11-20)35-37-27(12-15-32-30(28)37)19-4-6-21(7-5-19)36-17-22-8-9-23(18-36)38-22/h1-3,10-16,19,21-23H,4-9,17-18H2,(H,33,34)/t19-,21-,22?,23?. The number of hydrogen-bond acceptors (Lipinski definition) is 6. The Morgan fingerprint density at radius 3 is 2.50 bits per heavy atom. The third kappa shape index (κ3) is 3.66. The van der Waals surface area contributed by atoms with Crippen molar-refractivity contribution >= 4 is 16.6 Å². The summed E-state index contributed by atoms with van der Waals surface area (Å²) >= 11 is 0. The highest BCUT2D eigenvalue weighted by Gasteiger charge is 2.38. The number of hydrogen-bond donors (Lipinski definition) is 1.